The van der Waals surface area contributed by atoms with Crippen LogP contribution in [0.15, 0.2) is 72.8 Å². The van der Waals surface area contributed by atoms with Crippen LogP contribution in [0.5, 0.6) is 5.75 Å². The van der Waals surface area contributed by atoms with Crippen LogP contribution in [-0.2, 0) is 4.74 Å². The largest absolute Gasteiger partial charge is 0.493 e. The van der Waals surface area contributed by atoms with Gasteiger partial charge in [-0.3, -0.25) is 4.90 Å². The van der Waals surface area contributed by atoms with E-state index in [9.17, 15) is 9.18 Å². The van der Waals surface area contributed by atoms with Crippen molar-refractivity contribution in [2.45, 2.75) is 50.1 Å². The van der Waals surface area contributed by atoms with Crippen LogP contribution in [0, 0.1) is 11.7 Å². The minimum atomic E-state index is -0.263. The highest BCUT2D eigenvalue weighted by atomic mass is 19.1. The Morgan fingerprint density at radius 2 is 1.59 bits per heavy atom. The Bertz CT molecular complexity index is 1350. The van der Waals surface area contributed by atoms with Crippen LogP contribution in [0.2, 0.25) is 0 Å². The van der Waals surface area contributed by atoms with Gasteiger partial charge in [-0.2, -0.15) is 0 Å². The summed E-state index contributed by atoms with van der Waals surface area (Å²) in [5, 5.41) is 0. The van der Waals surface area contributed by atoms with E-state index in [4.69, 9.17) is 9.47 Å². The van der Waals surface area contributed by atoms with Crippen molar-refractivity contribution in [3.05, 3.63) is 95.3 Å². The molecule has 0 N–H and O–H groups in total. The Kier molecular flexibility index (Phi) is 5.53. The zero-order valence-electron chi connectivity index (χ0n) is 20.7. The average Bonchev–Trinajstić information content (AvgIpc) is 3.65. The summed E-state index contributed by atoms with van der Waals surface area (Å²) in [4.78, 5) is 15.3. The lowest BCUT2D eigenvalue weighted by molar-refractivity contribution is 0.0866. The minimum absolute atomic E-state index is 0.0380. The van der Waals surface area contributed by atoms with Crippen molar-refractivity contribution in [2.24, 2.45) is 5.92 Å². The average molecular weight is 496 g/mol. The fourth-order valence-electron chi connectivity index (χ4n) is 6.35. The summed E-state index contributed by atoms with van der Waals surface area (Å²) in [7, 11) is 0. The Morgan fingerprint density at radius 3 is 2.30 bits per heavy atom. The van der Waals surface area contributed by atoms with E-state index >= 15 is 0 Å². The second-order valence-corrected chi connectivity index (χ2v) is 10.8. The van der Waals surface area contributed by atoms with Crippen LogP contribution in [0.25, 0.3) is 16.7 Å². The topological polar surface area (TPSA) is 38.8 Å². The molecule has 2 unspecified atom stereocenters. The molecule has 2 aliphatic carbocycles. The van der Waals surface area contributed by atoms with Gasteiger partial charge in [0.1, 0.15) is 18.2 Å². The molecule has 4 nitrogen and oxygen atoms in total. The Labute approximate surface area is 216 Å². The Hall–Kier alpha value is -3.60. The van der Waals surface area contributed by atoms with Gasteiger partial charge in [-0.1, -0.05) is 54.6 Å². The van der Waals surface area contributed by atoms with E-state index in [1.54, 1.807) is 12.1 Å². The molecule has 2 fully saturated rings. The number of benzene rings is 3. The quantitative estimate of drug-likeness (QED) is 0.363. The van der Waals surface area contributed by atoms with Crippen molar-refractivity contribution < 1.29 is 18.7 Å². The number of halogens is 1. The molecule has 2 heterocycles. The summed E-state index contributed by atoms with van der Waals surface area (Å²) < 4.78 is 26.3. The predicted octanol–water partition coefficient (Wildman–Crippen LogP) is 7.18. The van der Waals surface area contributed by atoms with Crippen molar-refractivity contribution in [3.8, 4) is 16.9 Å². The molecule has 0 spiro atoms. The van der Waals surface area contributed by atoms with Crippen LogP contribution in [-0.4, -0.2) is 36.3 Å². The molecule has 0 aromatic heterocycles. The van der Waals surface area contributed by atoms with Gasteiger partial charge in [0, 0.05) is 17.5 Å². The van der Waals surface area contributed by atoms with Crippen LogP contribution >= 0.6 is 0 Å². The minimum Gasteiger partial charge on any atom is -0.493 e. The maximum Gasteiger partial charge on any atom is 0.410 e. The number of fused-ring (bicyclic) bond motifs is 5. The molecule has 3 aromatic rings. The van der Waals surface area contributed by atoms with Crippen molar-refractivity contribution >= 4 is 11.7 Å². The second kappa shape index (κ2) is 9.05. The van der Waals surface area contributed by atoms with Crippen molar-refractivity contribution in [2.75, 3.05) is 13.2 Å². The molecule has 3 aromatic carbocycles. The maximum atomic E-state index is 14.2. The molecule has 2 atom stereocenters. The first-order chi connectivity index (χ1) is 18.2. The van der Waals surface area contributed by atoms with E-state index < -0.39 is 0 Å². The van der Waals surface area contributed by atoms with E-state index in [-0.39, 0.29) is 29.9 Å². The molecule has 2 bridgehead atoms. The smallest absolute Gasteiger partial charge is 0.410 e. The number of hydrogen-bond donors (Lipinski definition) is 0. The zero-order chi connectivity index (χ0) is 24.9. The van der Waals surface area contributed by atoms with Crippen LogP contribution in [0.3, 0.4) is 0 Å². The van der Waals surface area contributed by atoms with Gasteiger partial charge in [-0.05, 0) is 84.0 Å². The van der Waals surface area contributed by atoms with E-state index in [1.165, 1.54) is 41.2 Å². The summed E-state index contributed by atoms with van der Waals surface area (Å²) in [5.74, 6) is 1.15. The molecule has 188 valence electrons. The molecule has 1 saturated heterocycles. The van der Waals surface area contributed by atoms with E-state index in [0.717, 1.165) is 29.7 Å². The summed E-state index contributed by atoms with van der Waals surface area (Å²) in [6.45, 7) is 1.01. The lowest BCUT2D eigenvalue weighted by Gasteiger charge is -2.34. The lowest BCUT2D eigenvalue weighted by atomic mass is 9.94. The number of carbonyl (C=O) groups excluding carboxylic acids is 1. The Balaban J connectivity index is 1.09. The van der Waals surface area contributed by atoms with Gasteiger partial charge in [-0.25, -0.2) is 9.18 Å². The molecule has 0 radical (unpaired) electrons. The molecule has 1 saturated carbocycles. The number of ether oxygens (including phenoxy) is 2. The highest BCUT2D eigenvalue weighted by Crippen LogP contribution is 2.45. The summed E-state index contributed by atoms with van der Waals surface area (Å²) in [5.41, 5.74) is 6.76. The number of nitrogens with zero attached hydrogens (tertiary/aromatic N) is 1. The van der Waals surface area contributed by atoms with E-state index in [1.807, 2.05) is 17.0 Å². The number of carbonyl (C=O) groups is 1. The number of amides is 1. The number of hydrogen-bond acceptors (Lipinski definition) is 3. The van der Waals surface area contributed by atoms with Crippen LogP contribution in [0.4, 0.5) is 9.18 Å². The van der Waals surface area contributed by atoms with Gasteiger partial charge in [-0.15, -0.1) is 0 Å². The monoisotopic (exact) mass is 495 g/mol. The first kappa shape index (κ1) is 22.6. The fraction of sp³-hybridized carbons (Fsp3) is 0.344. The number of rotatable bonds is 6. The zero-order valence-corrected chi connectivity index (χ0v) is 20.7. The molecule has 37 heavy (non-hydrogen) atoms. The van der Waals surface area contributed by atoms with Gasteiger partial charge >= 0.3 is 6.09 Å². The molecule has 2 aliphatic heterocycles. The van der Waals surface area contributed by atoms with Gasteiger partial charge in [0.25, 0.3) is 0 Å². The van der Waals surface area contributed by atoms with Gasteiger partial charge in [0.15, 0.2) is 0 Å². The summed E-state index contributed by atoms with van der Waals surface area (Å²) in [6.07, 6.45) is 6.79. The second-order valence-electron chi connectivity index (χ2n) is 10.8. The van der Waals surface area contributed by atoms with Crippen molar-refractivity contribution in [1.82, 2.24) is 4.90 Å². The van der Waals surface area contributed by atoms with Crippen molar-refractivity contribution in [1.29, 1.82) is 0 Å². The lowest BCUT2D eigenvalue weighted by Crippen LogP contribution is -2.43. The molecular weight excluding hydrogens is 465 g/mol. The Morgan fingerprint density at radius 1 is 0.865 bits per heavy atom. The van der Waals surface area contributed by atoms with E-state index in [2.05, 4.69) is 42.5 Å². The van der Waals surface area contributed by atoms with Crippen molar-refractivity contribution in [3.63, 3.8) is 0 Å². The third-order valence-corrected chi connectivity index (χ3v) is 8.40. The predicted molar refractivity (Wildman–Crippen MR) is 141 cm³/mol. The normalized spacial score (nSPS) is 21.9. The van der Waals surface area contributed by atoms with Gasteiger partial charge in [0.05, 0.1) is 12.6 Å². The third kappa shape index (κ3) is 4.11. The third-order valence-electron chi connectivity index (χ3n) is 8.40. The van der Waals surface area contributed by atoms with Gasteiger partial charge in [0.2, 0.25) is 0 Å². The molecule has 5 heteroatoms. The van der Waals surface area contributed by atoms with Crippen LogP contribution in [0.1, 0.15) is 54.7 Å². The standard InChI is InChI=1S/C32H30FNO3/c33-22-11-14-31(36-18-20-9-10-20)29(17-22)21-15-23-12-13-24(16-21)34(23)32(35)37-19-30-27-7-3-1-5-25(27)26-6-2-4-8-28(26)30/h1-8,11,14-15,17,20,23-24,30H,9-10,12-13,16,18-19H2. The highest BCUT2D eigenvalue weighted by molar-refractivity contribution is 5.80. The van der Waals surface area contributed by atoms with E-state index in [0.29, 0.717) is 25.6 Å². The first-order valence-corrected chi connectivity index (χ1v) is 13.4. The summed E-state index contributed by atoms with van der Waals surface area (Å²) in [6, 6.07) is 21.6. The highest BCUT2D eigenvalue weighted by Gasteiger charge is 2.41. The van der Waals surface area contributed by atoms with Crippen LogP contribution < -0.4 is 4.74 Å². The summed E-state index contributed by atoms with van der Waals surface area (Å²) >= 11 is 0. The fourth-order valence-corrected chi connectivity index (χ4v) is 6.35. The molecular formula is C32H30FNO3. The van der Waals surface area contributed by atoms with Gasteiger partial charge < -0.3 is 9.47 Å². The molecule has 4 aliphatic rings. The first-order valence-electron chi connectivity index (χ1n) is 13.4. The maximum absolute atomic E-state index is 14.2. The SMILES string of the molecule is O=C(OCC1c2ccccc2-c2ccccc21)N1C2C=C(c3cc(F)ccc3OCC3CC3)CC1CC2. The molecule has 7 rings (SSSR count). The molecule has 1 amide bonds.